The Balaban J connectivity index is 2.31. The summed E-state index contributed by atoms with van der Waals surface area (Å²) in [4.78, 5) is 12.1. The second-order valence-corrected chi connectivity index (χ2v) is 4.88. The van der Waals surface area contributed by atoms with Gasteiger partial charge in [0, 0.05) is 24.0 Å². The summed E-state index contributed by atoms with van der Waals surface area (Å²) >= 11 is 6.00. The van der Waals surface area contributed by atoms with E-state index in [1.54, 1.807) is 29.2 Å². The van der Waals surface area contributed by atoms with Gasteiger partial charge in [0.1, 0.15) is 0 Å². The normalized spacial score (nSPS) is 12.2. The molecule has 0 aliphatic heterocycles. The van der Waals surface area contributed by atoms with E-state index >= 15 is 0 Å². The molecular formula is C14H17ClN4O. The molecule has 0 saturated heterocycles. The van der Waals surface area contributed by atoms with E-state index in [1.807, 2.05) is 19.1 Å². The van der Waals surface area contributed by atoms with Crippen LogP contribution in [0.4, 0.5) is 5.69 Å². The first-order valence-corrected chi connectivity index (χ1v) is 6.84. The molecule has 0 radical (unpaired) electrons. The van der Waals surface area contributed by atoms with Crippen LogP contribution in [0.1, 0.15) is 13.3 Å². The molecule has 1 aromatic heterocycles. The van der Waals surface area contributed by atoms with Crippen LogP contribution in [0, 0.1) is 5.92 Å². The quantitative estimate of drug-likeness (QED) is 0.889. The summed E-state index contributed by atoms with van der Waals surface area (Å²) in [6.07, 6.45) is 4.17. The van der Waals surface area contributed by atoms with Gasteiger partial charge in [-0.05, 0) is 30.7 Å². The van der Waals surface area contributed by atoms with Gasteiger partial charge in [-0.15, -0.1) is 0 Å². The minimum atomic E-state index is -0.209. The molecule has 0 bridgehead atoms. The maximum Gasteiger partial charge on any atom is 0.228 e. The number of benzene rings is 1. The maximum absolute atomic E-state index is 12.1. The lowest BCUT2D eigenvalue weighted by molar-refractivity contribution is -0.119. The fourth-order valence-corrected chi connectivity index (χ4v) is 2.09. The molecule has 106 valence electrons. The minimum Gasteiger partial charge on any atom is -0.330 e. The third-order valence-corrected chi connectivity index (χ3v) is 3.35. The predicted molar refractivity (Wildman–Crippen MR) is 80.0 cm³/mol. The highest BCUT2D eigenvalue weighted by molar-refractivity contribution is 6.31. The van der Waals surface area contributed by atoms with Crippen molar-refractivity contribution in [1.29, 1.82) is 0 Å². The van der Waals surface area contributed by atoms with Crippen LogP contribution in [0.3, 0.4) is 0 Å². The molecule has 0 fully saturated rings. The summed E-state index contributed by atoms with van der Waals surface area (Å²) in [5.74, 6) is -0.315. The van der Waals surface area contributed by atoms with Gasteiger partial charge in [-0.3, -0.25) is 4.79 Å². The van der Waals surface area contributed by atoms with E-state index in [1.165, 1.54) is 0 Å². The smallest absolute Gasteiger partial charge is 0.228 e. The fraction of sp³-hybridized carbons (Fsp3) is 0.286. The van der Waals surface area contributed by atoms with Crippen LogP contribution in [0.25, 0.3) is 5.69 Å². The number of nitrogens with one attached hydrogen (secondary N) is 1. The van der Waals surface area contributed by atoms with Gasteiger partial charge in [-0.2, -0.15) is 5.10 Å². The number of anilines is 1. The molecule has 0 saturated carbocycles. The Labute approximate surface area is 122 Å². The molecule has 2 aromatic rings. The van der Waals surface area contributed by atoms with Crippen molar-refractivity contribution < 1.29 is 4.79 Å². The molecule has 0 aliphatic rings. The van der Waals surface area contributed by atoms with Crippen molar-refractivity contribution in [2.24, 2.45) is 11.7 Å². The van der Waals surface area contributed by atoms with Crippen LogP contribution in [0.15, 0.2) is 36.7 Å². The van der Waals surface area contributed by atoms with Crippen LogP contribution in [-0.2, 0) is 4.79 Å². The summed E-state index contributed by atoms with van der Waals surface area (Å²) in [6.45, 7) is 2.25. The van der Waals surface area contributed by atoms with Crippen molar-refractivity contribution in [2.75, 3.05) is 11.9 Å². The lowest BCUT2D eigenvalue weighted by Crippen LogP contribution is -2.29. The molecule has 20 heavy (non-hydrogen) atoms. The molecule has 3 N–H and O–H groups in total. The van der Waals surface area contributed by atoms with Crippen LogP contribution >= 0.6 is 11.6 Å². The van der Waals surface area contributed by atoms with E-state index in [-0.39, 0.29) is 11.8 Å². The zero-order valence-electron chi connectivity index (χ0n) is 11.2. The van der Waals surface area contributed by atoms with Crippen LogP contribution in [0.2, 0.25) is 5.02 Å². The van der Waals surface area contributed by atoms with Gasteiger partial charge in [0.25, 0.3) is 0 Å². The van der Waals surface area contributed by atoms with E-state index in [0.717, 1.165) is 5.69 Å². The van der Waals surface area contributed by atoms with Crippen molar-refractivity contribution in [3.8, 4) is 5.69 Å². The van der Waals surface area contributed by atoms with E-state index in [0.29, 0.717) is 23.7 Å². The molecular weight excluding hydrogens is 276 g/mol. The van der Waals surface area contributed by atoms with Gasteiger partial charge >= 0.3 is 0 Å². The summed E-state index contributed by atoms with van der Waals surface area (Å²) < 4.78 is 1.68. The minimum absolute atomic E-state index is 0.106. The number of nitrogens with two attached hydrogens (primary N) is 1. The Bertz CT molecular complexity index is 579. The first-order valence-electron chi connectivity index (χ1n) is 6.46. The van der Waals surface area contributed by atoms with E-state index < -0.39 is 0 Å². The average Bonchev–Trinajstić information content (AvgIpc) is 2.94. The van der Waals surface area contributed by atoms with E-state index in [4.69, 9.17) is 17.3 Å². The topological polar surface area (TPSA) is 72.9 Å². The molecule has 1 aromatic carbocycles. The summed E-state index contributed by atoms with van der Waals surface area (Å²) in [7, 11) is 0. The first-order chi connectivity index (χ1) is 9.65. The number of amides is 1. The van der Waals surface area contributed by atoms with E-state index in [9.17, 15) is 4.79 Å². The zero-order chi connectivity index (χ0) is 14.5. The van der Waals surface area contributed by atoms with Crippen molar-refractivity contribution in [3.05, 3.63) is 41.7 Å². The SMILES string of the molecule is CCC(CN)C(=O)Nc1cc(Cl)ccc1-n1cccn1. The highest BCUT2D eigenvalue weighted by atomic mass is 35.5. The first kappa shape index (κ1) is 14.6. The molecule has 5 nitrogen and oxygen atoms in total. The maximum atomic E-state index is 12.1. The fourth-order valence-electron chi connectivity index (χ4n) is 1.91. The third-order valence-electron chi connectivity index (χ3n) is 3.12. The molecule has 1 unspecified atom stereocenters. The number of rotatable bonds is 5. The van der Waals surface area contributed by atoms with Gasteiger partial charge in [-0.25, -0.2) is 4.68 Å². The standard InChI is InChI=1S/C14H17ClN4O/c1-2-10(9-16)14(20)18-12-8-11(15)4-5-13(12)19-7-3-6-17-19/h3-8,10H,2,9,16H2,1H3,(H,18,20). The number of nitrogens with zero attached hydrogens (tertiary/aromatic N) is 2. The molecule has 2 rings (SSSR count). The lowest BCUT2D eigenvalue weighted by atomic mass is 10.1. The van der Waals surface area contributed by atoms with Crippen LogP contribution in [-0.4, -0.2) is 22.2 Å². The Morgan fingerprint density at radius 3 is 2.95 bits per heavy atom. The Kier molecular flexibility index (Phi) is 4.76. The molecule has 1 heterocycles. The van der Waals surface area contributed by atoms with E-state index in [2.05, 4.69) is 10.4 Å². The van der Waals surface area contributed by atoms with Gasteiger partial charge in [0.15, 0.2) is 0 Å². The number of aromatic nitrogens is 2. The number of hydrogen-bond acceptors (Lipinski definition) is 3. The Hall–Kier alpha value is -1.85. The summed E-state index contributed by atoms with van der Waals surface area (Å²) in [6, 6.07) is 7.09. The molecule has 1 amide bonds. The van der Waals surface area contributed by atoms with Crippen molar-refractivity contribution in [2.45, 2.75) is 13.3 Å². The highest BCUT2D eigenvalue weighted by Crippen LogP contribution is 2.24. The monoisotopic (exact) mass is 292 g/mol. The van der Waals surface area contributed by atoms with Crippen molar-refractivity contribution >= 4 is 23.2 Å². The Morgan fingerprint density at radius 2 is 2.35 bits per heavy atom. The number of hydrogen-bond donors (Lipinski definition) is 2. The second kappa shape index (κ2) is 6.54. The number of halogens is 1. The second-order valence-electron chi connectivity index (χ2n) is 4.44. The zero-order valence-corrected chi connectivity index (χ0v) is 12.0. The van der Waals surface area contributed by atoms with Gasteiger partial charge in [0.2, 0.25) is 5.91 Å². The van der Waals surface area contributed by atoms with Crippen molar-refractivity contribution in [1.82, 2.24) is 9.78 Å². The summed E-state index contributed by atoms with van der Waals surface area (Å²) in [5.41, 5.74) is 6.98. The number of carbonyl (C=O) groups is 1. The Morgan fingerprint density at radius 1 is 1.55 bits per heavy atom. The van der Waals surface area contributed by atoms with Crippen LogP contribution < -0.4 is 11.1 Å². The molecule has 0 aliphatic carbocycles. The molecule has 6 heteroatoms. The van der Waals surface area contributed by atoms with Gasteiger partial charge in [0.05, 0.1) is 17.3 Å². The predicted octanol–water partition coefficient (Wildman–Crippen LogP) is 2.45. The third kappa shape index (κ3) is 3.18. The molecule has 1 atom stereocenters. The summed E-state index contributed by atoms with van der Waals surface area (Å²) in [5, 5.41) is 7.60. The molecule has 0 spiro atoms. The largest absolute Gasteiger partial charge is 0.330 e. The average molecular weight is 293 g/mol. The lowest BCUT2D eigenvalue weighted by Gasteiger charge is -2.15. The van der Waals surface area contributed by atoms with Crippen LogP contribution in [0.5, 0.6) is 0 Å². The highest BCUT2D eigenvalue weighted by Gasteiger charge is 2.16. The van der Waals surface area contributed by atoms with Gasteiger partial charge in [-0.1, -0.05) is 18.5 Å². The van der Waals surface area contributed by atoms with Crippen molar-refractivity contribution in [3.63, 3.8) is 0 Å². The number of carbonyl (C=O) groups excluding carboxylic acids is 1. The van der Waals surface area contributed by atoms with Gasteiger partial charge < -0.3 is 11.1 Å².